The summed E-state index contributed by atoms with van der Waals surface area (Å²) in [6.45, 7) is 3.48. The third kappa shape index (κ3) is 7.77. The molecule has 1 aromatic carbocycles. The highest BCUT2D eigenvalue weighted by Gasteiger charge is 2.23. The number of primary amides is 1. The topological polar surface area (TPSA) is 153 Å². The van der Waals surface area contributed by atoms with E-state index in [1.807, 2.05) is 13.8 Å². The number of rotatable bonds is 11. The lowest BCUT2D eigenvalue weighted by Gasteiger charge is -2.19. The average Bonchev–Trinajstić information content (AvgIpc) is 3.09. The van der Waals surface area contributed by atoms with Crippen molar-refractivity contribution in [3.63, 3.8) is 0 Å². The molecule has 0 bridgehead atoms. The Hall–Kier alpha value is -2.54. The van der Waals surface area contributed by atoms with Crippen LogP contribution in [0.15, 0.2) is 12.1 Å². The second-order valence-electron chi connectivity index (χ2n) is 7.66. The van der Waals surface area contributed by atoms with Crippen molar-refractivity contribution < 1.29 is 28.2 Å². The van der Waals surface area contributed by atoms with Gasteiger partial charge in [0.05, 0.1) is 11.7 Å². The van der Waals surface area contributed by atoms with Crippen LogP contribution >= 0.6 is 23.1 Å². The molecule has 9 nitrogen and oxygen atoms in total. The van der Waals surface area contributed by atoms with Gasteiger partial charge in [0, 0.05) is 17.6 Å². The molecule has 0 fully saturated rings. The van der Waals surface area contributed by atoms with E-state index in [0.717, 1.165) is 12.1 Å². The minimum Gasteiger partial charge on any atom is -0.471 e. The number of aliphatic hydroxyl groups excluding tert-OH is 1. The van der Waals surface area contributed by atoms with Crippen LogP contribution in [0.25, 0.3) is 0 Å². The standard InChI is InChI=1S/C20H26ClF2N5O4S/c1-9(2)15(24)7-11(29)3-4-26-20(31)27-19-16(17(25)30)18(28-33-19)32-8-12-13(22)5-10(21)6-14(12)23/h5-6,9,11,15,29H,3-4,7-8,24H2,1-2H3,(H2,25,30)(H2,26,27,31). The summed E-state index contributed by atoms with van der Waals surface area (Å²) in [7, 11) is 0. The molecule has 0 aliphatic heterocycles. The van der Waals surface area contributed by atoms with Gasteiger partial charge in [-0.05, 0) is 42.4 Å². The first-order chi connectivity index (χ1) is 15.5. The Morgan fingerprint density at radius 3 is 2.52 bits per heavy atom. The summed E-state index contributed by atoms with van der Waals surface area (Å²) in [5, 5.41) is 14.8. The van der Waals surface area contributed by atoms with E-state index < -0.39 is 41.8 Å². The van der Waals surface area contributed by atoms with Gasteiger partial charge in [-0.25, -0.2) is 13.6 Å². The zero-order chi connectivity index (χ0) is 24.7. The van der Waals surface area contributed by atoms with E-state index in [2.05, 4.69) is 15.0 Å². The quantitative estimate of drug-likeness (QED) is 0.316. The maximum Gasteiger partial charge on any atom is 0.319 e. The lowest BCUT2D eigenvalue weighted by molar-refractivity contribution is 0.0996. The molecule has 7 N–H and O–H groups in total. The zero-order valence-electron chi connectivity index (χ0n) is 18.0. The summed E-state index contributed by atoms with van der Waals surface area (Å²) >= 11 is 6.30. The number of carbonyl (C=O) groups is 2. The number of urea groups is 1. The highest BCUT2D eigenvalue weighted by Crippen LogP contribution is 2.31. The number of ether oxygens (including phenoxy) is 1. The summed E-state index contributed by atoms with van der Waals surface area (Å²) in [5.74, 6) is -2.87. The molecule has 33 heavy (non-hydrogen) atoms. The van der Waals surface area contributed by atoms with Gasteiger partial charge in [0.2, 0.25) is 5.88 Å². The second kappa shape index (κ2) is 12.1. The normalized spacial score (nSPS) is 13.0. The van der Waals surface area contributed by atoms with E-state index in [1.165, 1.54) is 0 Å². The number of nitrogens with zero attached hydrogens (tertiary/aromatic N) is 1. The van der Waals surface area contributed by atoms with E-state index in [4.69, 9.17) is 27.8 Å². The van der Waals surface area contributed by atoms with Crippen molar-refractivity contribution in [1.29, 1.82) is 0 Å². The van der Waals surface area contributed by atoms with Gasteiger partial charge in [-0.3, -0.25) is 10.1 Å². The van der Waals surface area contributed by atoms with Crippen molar-refractivity contribution in [3.05, 3.63) is 39.9 Å². The lowest BCUT2D eigenvalue weighted by Crippen LogP contribution is -2.34. The fourth-order valence-corrected chi connectivity index (χ4v) is 3.66. The molecule has 0 aliphatic carbocycles. The van der Waals surface area contributed by atoms with Crippen LogP contribution in [0.4, 0.5) is 18.6 Å². The van der Waals surface area contributed by atoms with Crippen molar-refractivity contribution in [3.8, 4) is 5.88 Å². The van der Waals surface area contributed by atoms with Gasteiger partial charge in [-0.15, -0.1) is 0 Å². The molecule has 0 spiro atoms. The monoisotopic (exact) mass is 505 g/mol. The van der Waals surface area contributed by atoms with E-state index in [-0.39, 0.29) is 46.4 Å². The van der Waals surface area contributed by atoms with E-state index in [1.54, 1.807) is 0 Å². The third-order valence-electron chi connectivity index (χ3n) is 4.76. The van der Waals surface area contributed by atoms with Gasteiger partial charge in [-0.1, -0.05) is 25.4 Å². The van der Waals surface area contributed by atoms with Crippen LogP contribution in [0.3, 0.4) is 0 Å². The van der Waals surface area contributed by atoms with Gasteiger partial charge in [-0.2, -0.15) is 4.37 Å². The van der Waals surface area contributed by atoms with Gasteiger partial charge < -0.3 is 26.6 Å². The molecular formula is C20H26ClF2N5O4S. The molecule has 1 aromatic heterocycles. The van der Waals surface area contributed by atoms with E-state index >= 15 is 0 Å². The number of halogens is 3. The summed E-state index contributed by atoms with van der Waals surface area (Å²) < 4.78 is 37.0. The predicted molar refractivity (Wildman–Crippen MR) is 121 cm³/mol. The number of anilines is 1. The number of amides is 3. The first-order valence-electron chi connectivity index (χ1n) is 10.0. The first kappa shape index (κ1) is 26.7. The van der Waals surface area contributed by atoms with Crippen molar-refractivity contribution in [2.45, 2.75) is 45.4 Å². The minimum atomic E-state index is -0.954. The van der Waals surface area contributed by atoms with Crippen LogP contribution in [0.2, 0.25) is 5.02 Å². The van der Waals surface area contributed by atoms with E-state index in [9.17, 15) is 23.5 Å². The third-order valence-corrected chi connectivity index (χ3v) is 5.72. The number of hydrogen-bond acceptors (Lipinski definition) is 7. The Bertz CT molecular complexity index is 968. The van der Waals surface area contributed by atoms with Crippen LogP contribution in [0.1, 0.15) is 42.6 Å². The lowest BCUT2D eigenvalue weighted by atomic mass is 9.98. The molecule has 2 aromatic rings. The van der Waals surface area contributed by atoms with Gasteiger partial charge in [0.1, 0.15) is 28.8 Å². The molecule has 0 saturated carbocycles. The Morgan fingerprint density at radius 1 is 1.30 bits per heavy atom. The van der Waals surface area contributed by atoms with Crippen LogP contribution < -0.4 is 26.8 Å². The predicted octanol–water partition coefficient (Wildman–Crippen LogP) is 3.00. The van der Waals surface area contributed by atoms with Crippen LogP contribution in [0, 0.1) is 17.6 Å². The molecule has 1 heterocycles. The maximum absolute atomic E-state index is 13.9. The first-order valence-corrected chi connectivity index (χ1v) is 11.2. The SMILES string of the molecule is CC(C)C(N)CC(O)CCNC(=O)Nc1snc(OCc2c(F)cc(Cl)cc2F)c1C(N)=O. The van der Waals surface area contributed by atoms with E-state index in [0.29, 0.717) is 18.0 Å². The number of nitrogens with two attached hydrogens (primary N) is 2. The average molecular weight is 506 g/mol. The molecule has 0 aliphatic rings. The number of carbonyl (C=O) groups excluding carboxylic acids is 2. The number of benzene rings is 1. The smallest absolute Gasteiger partial charge is 0.319 e. The fourth-order valence-electron chi connectivity index (χ4n) is 2.73. The number of aromatic nitrogens is 1. The minimum absolute atomic E-state index is 0.00516. The Balaban J connectivity index is 1.96. The molecule has 13 heteroatoms. The number of aliphatic hydroxyl groups is 1. The molecular weight excluding hydrogens is 480 g/mol. The van der Waals surface area contributed by atoms with Crippen LogP contribution in [-0.2, 0) is 6.61 Å². The number of hydrogen-bond donors (Lipinski definition) is 5. The Labute approximate surface area is 198 Å². The van der Waals surface area contributed by atoms with Crippen LogP contribution in [-0.4, -0.2) is 40.1 Å². The molecule has 2 atom stereocenters. The summed E-state index contributed by atoms with van der Waals surface area (Å²) in [4.78, 5) is 24.0. The Morgan fingerprint density at radius 2 is 1.94 bits per heavy atom. The van der Waals surface area contributed by atoms with Crippen molar-refractivity contribution >= 4 is 40.1 Å². The van der Waals surface area contributed by atoms with Gasteiger partial charge in [0.15, 0.2) is 0 Å². The molecule has 0 saturated heterocycles. The highest BCUT2D eigenvalue weighted by atomic mass is 35.5. The largest absolute Gasteiger partial charge is 0.471 e. The summed E-state index contributed by atoms with van der Waals surface area (Å²) in [6.07, 6.45) is 0.00378. The molecule has 2 rings (SSSR count). The van der Waals surface area contributed by atoms with Crippen molar-refractivity contribution in [1.82, 2.24) is 9.69 Å². The summed E-state index contributed by atoms with van der Waals surface area (Å²) in [6, 6.07) is 1.02. The Kier molecular flexibility index (Phi) is 9.77. The molecule has 2 unspecified atom stereocenters. The molecule has 182 valence electrons. The highest BCUT2D eigenvalue weighted by molar-refractivity contribution is 7.11. The molecule has 3 amide bonds. The van der Waals surface area contributed by atoms with Gasteiger partial charge in [0.25, 0.3) is 5.91 Å². The zero-order valence-corrected chi connectivity index (χ0v) is 19.6. The fraction of sp³-hybridized carbons (Fsp3) is 0.450. The summed E-state index contributed by atoms with van der Waals surface area (Å²) in [5.41, 5.74) is 10.6. The van der Waals surface area contributed by atoms with Gasteiger partial charge >= 0.3 is 6.03 Å². The van der Waals surface area contributed by atoms with Crippen molar-refractivity contribution in [2.75, 3.05) is 11.9 Å². The van der Waals surface area contributed by atoms with Crippen molar-refractivity contribution in [2.24, 2.45) is 17.4 Å². The maximum atomic E-state index is 13.9. The number of nitrogens with one attached hydrogen (secondary N) is 2. The molecule has 0 radical (unpaired) electrons. The second-order valence-corrected chi connectivity index (χ2v) is 8.87. The van der Waals surface area contributed by atoms with Crippen LogP contribution in [0.5, 0.6) is 5.88 Å².